The third kappa shape index (κ3) is 4.84. The summed E-state index contributed by atoms with van der Waals surface area (Å²) in [6, 6.07) is 10.1. The molecule has 3 N–H and O–H groups in total. The molecule has 0 radical (unpaired) electrons. The highest BCUT2D eigenvalue weighted by Gasteiger charge is 2.09. The van der Waals surface area contributed by atoms with Crippen LogP contribution in [0.4, 0.5) is 5.69 Å². The van der Waals surface area contributed by atoms with Gasteiger partial charge in [0, 0.05) is 5.02 Å². The quantitative estimate of drug-likeness (QED) is 0.571. The zero-order valence-corrected chi connectivity index (χ0v) is 14.8. The molecule has 0 bridgehead atoms. The summed E-state index contributed by atoms with van der Waals surface area (Å²) >= 11 is 11.1. The van der Waals surface area contributed by atoms with Crippen LogP contribution in [0, 0.1) is 13.8 Å². The monoisotopic (exact) mass is 364 g/mol. The number of benzene rings is 2. The summed E-state index contributed by atoms with van der Waals surface area (Å²) in [5.74, 6) is 0.190. The van der Waals surface area contributed by atoms with Gasteiger partial charge in [0.2, 0.25) is 0 Å². The number of amides is 1. The van der Waals surface area contributed by atoms with Crippen molar-refractivity contribution in [2.24, 2.45) is 0 Å². The van der Waals surface area contributed by atoms with Gasteiger partial charge in [0.05, 0.1) is 5.69 Å². The third-order valence-electron chi connectivity index (χ3n) is 3.19. The molecule has 0 fully saturated rings. The Labute approximate surface area is 150 Å². The van der Waals surface area contributed by atoms with Gasteiger partial charge in [0.25, 0.3) is 5.91 Å². The summed E-state index contributed by atoms with van der Waals surface area (Å²) in [7, 11) is 0. The zero-order chi connectivity index (χ0) is 17.7. The number of carbonyl (C=O) groups excluding carboxylic acids is 1. The molecule has 0 aliphatic carbocycles. The number of phenols is 1. The van der Waals surface area contributed by atoms with Crippen LogP contribution in [-0.4, -0.2) is 22.7 Å². The number of para-hydroxylation sites is 2. The molecule has 2 rings (SSSR count). The molecule has 7 heteroatoms. The molecule has 0 aromatic heterocycles. The number of phenolic OH excluding ortho intramolecular Hbond substituents is 1. The van der Waals surface area contributed by atoms with Gasteiger partial charge in [-0.15, -0.1) is 0 Å². The molecular weight excluding hydrogens is 348 g/mol. The van der Waals surface area contributed by atoms with Crippen LogP contribution in [0.15, 0.2) is 36.4 Å². The standard InChI is InChI=1S/C17H17ClN2O3S/c1-10-7-12(8-11(2)16(10)18)23-9-15(22)20-17(24)19-13-5-3-4-6-14(13)21/h3-8,21H,9H2,1-2H3,(H2,19,20,22,24). The average Bonchev–Trinajstić information content (AvgIpc) is 2.52. The van der Waals surface area contributed by atoms with Crippen molar-refractivity contribution >= 4 is 40.5 Å². The molecule has 0 heterocycles. The summed E-state index contributed by atoms with van der Waals surface area (Å²) < 4.78 is 5.45. The van der Waals surface area contributed by atoms with Crippen molar-refractivity contribution in [3.8, 4) is 11.5 Å². The van der Waals surface area contributed by atoms with Gasteiger partial charge < -0.3 is 15.2 Å². The van der Waals surface area contributed by atoms with Gasteiger partial charge >= 0.3 is 0 Å². The Bertz CT molecular complexity index is 757. The second-order valence-corrected chi connectivity index (χ2v) is 5.97. The van der Waals surface area contributed by atoms with E-state index in [1.165, 1.54) is 6.07 Å². The number of thiocarbonyl (C=S) groups is 1. The van der Waals surface area contributed by atoms with Crippen molar-refractivity contribution in [1.29, 1.82) is 0 Å². The number of hydrogen-bond acceptors (Lipinski definition) is 4. The van der Waals surface area contributed by atoms with Crippen LogP contribution in [0.5, 0.6) is 11.5 Å². The lowest BCUT2D eigenvalue weighted by Crippen LogP contribution is -2.37. The second-order valence-electron chi connectivity index (χ2n) is 5.18. The molecule has 0 spiro atoms. The molecule has 0 aliphatic rings. The van der Waals surface area contributed by atoms with Crippen LogP contribution >= 0.6 is 23.8 Å². The summed E-state index contributed by atoms with van der Waals surface area (Å²) in [5, 5.41) is 15.6. The largest absolute Gasteiger partial charge is 0.506 e. The maximum absolute atomic E-state index is 11.9. The Morgan fingerprint density at radius 1 is 1.25 bits per heavy atom. The minimum absolute atomic E-state index is 0.0393. The highest BCUT2D eigenvalue weighted by molar-refractivity contribution is 7.80. The van der Waals surface area contributed by atoms with Gasteiger partial charge in [-0.1, -0.05) is 23.7 Å². The number of rotatable bonds is 4. The number of anilines is 1. The number of nitrogens with one attached hydrogen (secondary N) is 2. The molecule has 5 nitrogen and oxygen atoms in total. The van der Waals surface area contributed by atoms with E-state index in [-0.39, 0.29) is 17.5 Å². The van der Waals surface area contributed by atoms with Crippen LogP contribution in [0.25, 0.3) is 0 Å². The fourth-order valence-electron chi connectivity index (χ4n) is 2.03. The Hall–Kier alpha value is -2.31. The van der Waals surface area contributed by atoms with Crippen LogP contribution in [0.2, 0.25) is 5.02 Å². The number of carbonyl (C=O) groups is 1. The second kappa shape index (κ2) is 7.99. The van der Waals surface area contributed by atoms with Crippen molar-refractivity contribution < 1.29 is 14.6 Å². The van der Waals surface area contributed by atoms with E-state index in [1.807, 2.05) is 13.8 Å². The molecule has 0 aliphatic heterocycles. The minimum Gasteiger partial charge on any atom is -0.506 e. The SMILES string of the molecule is Cc1cc(OCC(=O)NC(=S)Nc2ccccc2O)cc(C)c1Cl. The number of aromatic hydroxyl groups is 1. The fourth-order valence-corrected chi connectivity index (χ4v) is 2.37. The lowest BCUT2D eigenvalue weighted by Gasteiger charge is -2.12. The van der Waals surface area contributed by atoms with E-state index >= 15 is 0 Å². The van der Waals surface area contributed by atoms with E-state index in [9.17, 15) is 9.90 Å². The van der Waals surface area contributed by atoms with Crippen LogP contribution in [0.1, 0.15) is 11.1 Å². The summed E-state index contributed by atoms with van der Waals surface area (Å²) in [6.45, 7) is 3.55. The van der Waals surface area contributed by atoms with E-state index in [2.05, 4.69) is 10.6 Å². The predicted octanol–water partition coefficient (Wildman–Crippen LogP) is 3.55. The highest BCUT2D eigenvalue weighted by Crippen LogP contribution is 2.25. The number of ether oxygens (including phenoxy) is 1. The van der Waals surface area contributed by atoms with Gasteiger partial charge in [-0.3, -0.25) is 10.1 Å². The molecule has 0 saturated carbocycles. The summed E-state index contributed by atoms with van der Waals surface area (Å²) in [5.41, 5.74) is 2.17. The van der Waals surface area contributed by atoms with E-state index in [1.54, 1.807) is 30.3 Å². The van der Waals surface area contributed by atoms with Crippen molar-refractivity contribution in [2.75, 3.05) is 11.9 Å². The Morgan fingerprint density at radius 2 is 1.88 bits per heavy atom. The molecule has 2 aromatic carbocycles. The molecule has 2 aromatic rings. The first-order valence-electron chi connectivity index (χ1n) is 7.15. The molecule has 126 valence electrons. The first-order chi connectivity index (χ1) is 11.4. The van der Waals surface area contributed by atoms with E-state index in [0.717, 1.165) is 11.1 Å². The maximum atomic E-state index is 11.9. The van der Waals surface area contributed by atoms with Crippen molar-refractivity contribution in [1.82, 2.24) is 5.32 Å². The number of halogens is 1. The Balaban J connectivity index is 1.87. The maximum Gasteiger partial charge on any atom is 0.264 e. The predicted molar refractivity (Wildman–Crippen MR) is 98.9 cm³/mol. The van der Waals surface area contributed by atoms with Gasteiger partial charge in [-0.2, -0.15) is 0 Å². The number of hydrogen-bond donors (Lipinski definition) is 3. The van der Waals surface area contributed by atoms with E-state index in [0.29, 0.717) is 16.5 Å². The molecule has 24 heavy (non-hydrogen) atoms. The van der Waals surface area contributed by atoms with Crippen molar-refractivity contribution in [2.45, 2.75) is 13.8 Å². The van der Waals surface area contributed by atoms with Crippen molar-refractivity contribution in [3.05, 3.63) is 52.5 Å². The molecule has 0 unspecified atom stereocenters. The minimum atomic E-state index is -0.409. The van der Waals surface area contributed by atoms with Crippen molar-refractivity contribution in [3.63, 3.8) is 0 Å². The van der Waals surface area contributed by atoms with Crippen LogP contribution in [0.3, 0.4) is 0 Å². The summed E-state index contributed by atoms with van der Waals surface area (Å²) in [6.07, 6.45) is 0. The molecule has 0 saturated heterocycles. The molecule has 1 amide bonds. The van der Waals surface area contributed by atoms with Crippen LogP contribution in [-0.2, 0) is 4.79 Å². The molecule has 0 atom stereocenters. The topological polar surface area (TPSA) is 70.6 Å². The van der Waals surface area contributed by atoms with Gasteiger partial charge in [-0.05, 0) is 61.5 Å². The van der Waals surface area contributed by atoms with Gasteiger partial charge in [0.15, 0.2) is 11.7 Å². The lowest BCUT2D eigenvalue weighted by atomic mass is 10.1. The first-order valence-corrected chi connectivity index (χ1v) is 7.94. The van der Waals surface area contributed by atoms with Gasteiger partial charge in [-0.25, -0.2) is 0 Å². The van der Waals surface area contributed by atoms with Crippen LogP contribution < -0.4 is 15.4 Å². The third-order valence-corrected chi connectivity index (χ3v) is 3.99. The normalized spacial score (nSPS) is 10.1. The zero-order valence-electron chi connectivity index (χ0n) is 13.2. The lowest BCUT2D eigenvalue weighted by molar-refractivity contribution is -0.121. The van der Waals surface area contributed by atoms with E-state index < -0.39 is 5.91 Å². The summed E-state index contributed by atoms with van der Waals surface area (Å²) in [4.78, 5) is 11.9. The molecular formula is C17H17ClN2O3S. The smallest absolute Gasteiger partial charge is 0.264 e. The highest BCUT2D eigenvalue weighted by atomic mass is 35.5. The Kier molecular flexibility index (Phi) is 6.00. The van der Waals surface area contributed by atoms with E-state index in [4.69, 9.17) is 28.6 Å². The average molecular weight is 365 g/mol. The van der Waals surface area contributed by atoms with Gasteiger partial charge in [0.1, 0.15) is 11.5 Å². The Morgan fingerprint density at radius 3 is 2.50 bits per heavy atom. The first kappa shape index (κ1) is 18.0. The number of aryl methyl sites for hydroxylation is 2. The fraction of sp³-hybridized carbons (Fsp3) is 0.176.